The van der Waals surface area contributed by atoms with E-state index >= 15 is 0 Å². The zero-order valence-corrected chi connectivity index (χ0v) is 13.3. The quantitative estimate of drug-likeness (QED) is 0.856. The van der Waals surface area contributed by atoms with Gasteiger partial charge in [0.05, 0.1) is 0 Å². The standard InChI is InChI=1S/C17H15F3N4O/c1-9-7-11-13(12(25)8-9)14(10-5-3-2-4-6-10)24-16(21-11)22-15(23-24)17(18,19)20/h2-6,9,14H,7-8H2,1H3,(H,21,22,23)/t9-,14+/m1/s1. The topological polar surface area (TPSA) is 59.8 Å². The fourth-order valence-corrected chi connectivity index (χ4v) is 3.47. The van der Waals surface area contributed by atoms with Crippen LogP contribution < -0.4 is 5.32 Å². The number of anilines is 1. The van der Waals surface area contributed by atoms with Crippen molar-refractivity contribution < 1.29 is 18.0 Å². The van der Waals surface area contributed by atoms with Crippen molar-refractivity contribution in [3.05, 3.63) is 53.0 Å². The molecule has 0 bridgehead atoms. The number of benzene rings is 1. The third kappa shape index (κ3) is 2.61. The highest BCUT2D eigenvalue weighted by atomic mass is 19.4. The van der Waals surface area contributed by atoms with Crippen LogP contribution in [-0.4, -0.2) is 20.5 Å². The monoisotopic (exact) mass is 348 g/mol. The minimum absolute atomic E-state index is 0.0156. The molecule has 1 aliphatic heterocycles. The average molecular weight is 348 g/mol. The average Bonchev–Trinajstić information content (AvgIpc) is 2.97. The molecule has 2 aliphatic rings. The van der Waals surface area contributed by atoms with Gasteiger partial charge in [-0.3, -0.25) is 4.79 Å². The molecule has 0 radical (unpaired) electrons. The number of alkyl halides is 3. The number of hydrogen-bond donors (Lipinski definition) is 1. The van der Waals surface area contributed by atoms with E-state index in [1.165, 1.54) is 4.68 Å². The van der Waals surface area contributed by atoms with Gasteiger partial charge in [0, 0.05) is 17.7 Å². The van der Waals surface area contributed by atoms with Crippen molar-refractivity contribution in [2.45, 2.75) is 32.0 Å². The number of carbonyl (C=O) groups is 1. The summed E-state index contributed by atoms with van der Waals surface area (Å²) in [6, 6.07) is 8.25. The number of hydrogen-bond acceptors (Lipinski definition) is 4. The number of halogens is 3. The second-order valence-corrected chi connectivity index (χ2v) is 6.47. The number of Topliss-reactive ketones (excluding diaryl/α,β-unsaturated/α-hetero) is 1. The molecule has 8 heteroatoms. The predicted octanol–water partition coefficient (Wildman–Crippen LogP) is 3.56. The second-order valence-electron chi connectivity index (χ2n) is 6.47. The highest BCUT2D eigenvalue weighted by Gasteiger charge is 2.42. The van der Waals surface area contributed by atoms with Crippen LogP contribution in [0.4, 0.5) is 19.1 Å². The molecule has 4 rings (SSSR count). The number of allylic oxidation sites excluding steroid dienone is 2. The van der Waals surface area contributed by atoms with Crippen molar-refractivity contribution in [2.75, 3.05) is 5.32 Å². The van der Waals surface area contributed by atoms with Crippen LogP contribution in [0.2, 0.25) is 0 Å². The van der Waals surface area contributed by atoms with Crippen LogP contribution >= 0.6 is 0 Å². The first-order valence-electron chi connectivity index (χ1n) is 7.96. The van der Waals surface area contributed by atoms with Gasteiger partial charge in [-0.1, -0.05) is 37.3 Å². The number of aromatic nitrogens is 3. The second kappa shape index (κ2) is 5.44. The van der Waals surface area contributed by atoms with Crippen LogP contribution in [0.3, 0.4) is 0 Å². The molecule has 25 heavy (non-hydrogen) atoms. The Balaban J connectivity index is 1.91. The largest absolute Gasteiger partial charge is 0.453 e. The van der Waals surface area contributed by atoms with Gasteiger partial charge in [-0.05, 0) is 17.9 Å². The summed E-state index contributed by atoms with van der Waals surface area (Å²) in [4.78, 5) is 16.3. The Morgan fingerprint density at radius 3 is 2.60 bits per heavy atom. The zero-order chi connectivity index (χ0) is 17.8. The Bertz CT molecular complexity index is 870. The van der Waals surface area contributed by atoms with Gasteiger partial charge in [0.2, 0.25) is 5.95 Å². The van der Waals surface area contributed by atoms with E-state index in [1.54, 1.807) is 24.3 Å². The summed E-state index contributed by atoms with van der Waals surface area (Å²) in [6.45, 7) is 1.95. The van der Waals surface area contributed by atoms with E-state index in [-0.39, 0.29) is 17.6 Å². The Morgan fingerprint density at radius 1 is 1.20 bits per heavy atom. The molecule has 1 aliphatic carbocycles. The molecule has 0 unspecified atom stereocenters. The van der Waals surface area contributed by atoms with E-state index in [4.69, 9.17) is 0 Å². The lowest BCUT2D eigenvalue weighted by atomic mass is 9.81. The van der Waals surface area contributed by atoms with Gasteiger partial charge < -0.3 is 5.32 Å². The highest BCUT2D eigenvalue weighted by molar-refractivity contribution is 5.99. The first-order chi connectivity index (χ1) is 11.8. The molecule has 1 N–H and O–H groups in total. The molecule has 1 aromatic carbocycles. The third-order valence-electron chi connectivity index (χ3n) is 4.49. The van der Waals surface area contributed by atoms with Crippen LogP contribution in [0, 0.1) is 5.92 Å². The van der Waals surface area contributed by atoms with Crippen LogP contribution in [0.1, 0.15) is 37.2 Å². The normalized spacial score (nSPS) is 23.1. The van der Waals surface area contributed by atoms with E-state index < -0.39 is 18.0 Å². The molecule has 2 aromatic rings. The molecule has 5 nitrogen and oxygen atoms in total. The summed E-state index contributed by atoms with van der Waals surface area (Å²) in [5, 5.41) is 6.56. The minimum atomic E-state index is -4.65. The molecule has 0 spiro atoms. The van der Waals surface area contributed by atoms with Crippen molar-refractivity contribution in [3.8, 4) is 0 Å². The maximum absolute atomic E-state index is 13.1. The van der Waals surface area contributed by atoms with Gasteiger partial charge in [0.15, 0.2) is 5.78 Å². The number of carbonyl (C=O) groups excluding carboxylic acids is 1. The van der Waals surface area contributed by atoms with Gasteiger partial charge in [0.25, 0.3) is 5.82 Å². The van der Waals surface area contributed by atoms with Crippen molar-refractivity contribution >= 4 is 11.7 Å². The maximum atomic E-state index is 13.1. The van der Waals surface area contributed by atoms with E-state index in [9.17, 15) is 18.0 Å². The smallest absolute Gasteiger partial charge is 0.328 e. The van der Waals surface area contributed by atoms with E-state index in [0.717, 1.165) is 0 Å². The van der Waals surface area contributed by atoms with E-state index in [0.29, 0.717) is 29.7 Å². The fourth-order valence-electron chi connectivity index (χ4n) is 3.47. The number of nitrogens with one attached hydrogen (secondary N) is 1. The zero-order valence-electron chi connectivity index (χ0n) is 13.3. The van der Waals surface area contributed by atoms with Crippen LogP contribution in [-0.2, 0) is 11.0 Å². The Morgan fingerprint density at radius 2 is 1.92 bits per heavy atom. The SMILES string of the molecule is C[C@H]1CC(=O)C2=C(C1)Nc1nc(C(F)(F)F)nn1[C@H]2c1ccccc1. The Labute approximate surface area is 141 Å². The first kappa shape index (κ1) is 15.9. The molecule has 0 fully saturated rings. The fraction of sp³-hybridized carbons (Fsp3) is 0.353. The summed E-state index contributed by atoms with van der Waals surface area (Å²) in [5.41, 5.74) is 1.83. The number of nitrogens with zero attached hydrogens (tertiary/aromatic N) is 3. The van der Waals surface area contributed by atoms with Crippen molar-refractivity contribution in [2.24, 2.45) is 5.92 Å². The van der Waals surface area contributed by atoms with Gasteiger partial charge in [-0.15, -0.1) is 5.10 Å². The van der Waals surface area contributed by atoms with E-state index in [1.807, 2.05) is 13.0 Å². The number of fused-ring (bicyclic) bond motifs is 1. The molecule has 0 amide bonds. The molecule has 2 atom stereocenters. The molecule has 130 valence electrons. The summed E-state index contributed by atoms with van der Waals surface area (Å²) in [6.07, 6.45) is -3.68. The first-order valence-corrected chi connectivity index (χ1v) is 7.96. The lowest BCUT2D eigenvalue weighted by molar-refractivity contribution is -0.145. The molecular formula is C17H15F3N4O. The third-order valence-corrected chi connectivity index (χ3v) is 4.49. The summed E-state index contributed by atoms with van der Waals surface area (Å²) >= 11 is 0. The molecule has 1 aromatic heterocycles. The molecule has 2 heterocycles. The van der Waals surface area contributed by atoms with Gasteiger partial charge in [0.1, 0.15) is 6.04 Å². The molecule has 0 saturated heterocycles. The summed E-state index contributed by atoms with van der Waals surface area (Å²) in [5.74, 6) is -1.13. The van der Waals surface area contributed by atoms with Crippen LogP contribution in [0.25, 0.3) is 0 Å². The maximum Gasteiger partial charge on any atom is 0.453 e. The van der Waals surface area contributed by atoms with Crippen molar-refractivity contribution in [1.82, 2.24) is 14.8 Å². The van der Waals surface area contributed by atoms with E-state index in [2.05, 4.69) is 15.4 Å². The molecule has 0 saturated carbocycles. The summed E-state index contributed by atoms with van der Waals surface area (Å²) in [7, 11) is 0. The van der Waals surface area contributed by atoms with Crippen LogP contribution in [0.15, 0.2) is 41.6 Å². The molecular weight excluding hydrogens is 333 g/mol. The van der Waals surface area contributed by atoms with Crippen LogP contribution in [0.5, 0.6) is 0 Å². The number of rotatable bonds is 1. The lowest BCUT2D eigenvalue weighted by Gasteiger charge is -2.34. The van der Waals surface area contributed by atoms with Gasteiger partial charge >= 0.3 is 6.18 Å². The highest BCUT2D eigenvalue weighted by Crippen LogP contribution is 2.42. The predicted molar refractivity (Wildman–Crippen MR) is 83.7 cm³/mol. The minimum Gasteiger partial charge on any atom is -0.328 e. The Hall–Kier alpha value is -2.64. The number of ketones is 1. The van der Waals surface area contributed by atoms with Gasteiger partial charge in [-0.2, -0.15) is 18.2 Å². The summed E-state index contributed by atoms with van der Waals surface area (Å²) < 4.78 is 40.4. The van der Waals surface area contributed by atoms with Crippen molar-refractivity contribution in [3.63, 3.8) is 0 Å². The lowest BCUT2D eigenvalue weighted by Crippen LogP contribution is -2.33. The van der Waals surface area contributed by atoms with Crippen molar-refractivity contribution in [1.29, 1.82) is 0 Å². The Kier molecular flexibility index (Phi) is 3.45. The van der Waals surface area contributed by atoms with Gasteiger partial charge in [-0.25, -0.2) is 4.68 Å².